The second-order valence-corrected chi connectivity index (χ2v) is 5.94. The molecule has 0 aromatic heterocycles. The van der Waals surface area contributed by atoms with Gasteiger partial charge in [0.15, 0.2) is 0 Å². The highest BCUT2D eigenvalue weighted by Gasteiger charge is 2.19. The number of rotatable bonds is 4. The van der Waals surface area contributed by atoms with Crippen molar-refractivity contribution in [3.63, 3.8) is 0 Å². The number of benzene rings is 1. The van der Waals surface area contributed by atoms with Crippen LogP contribution in [-0.2, 0) is 6.54 Å². The molecule has 100 valence electrons. The Bertz CT molecular complexity index is 383. The first kappa shape index (κ1) is 13.6. The quantitative estimate of drug-likeness (QED) is 0.831. The normalized spacial score (nSPS) is 24.2. The van der Waals surface area contributed by atoms with E-state index in [1.165, 1.54) is 48.8 Å². The van der Waals surface area contributed by atoms with Crippen molar-refractivity contribution < 1.29 is 0 Å². The third-order valence-corrected chi connectivity index (χ3v) is 4.53. The fourth-order valence-corrected chi connectivity index (χ4v) is 3.02. The highest BCUT2D eigenvalue weighted by molar-refractivity contribution is 5.29. The summed E-state index contributed by atoms with van der Waals surface area (Å²) >= 11 is 0. The van der Waals surface area contributed by atoms with E-state index in [-0.39, 0.29) is 0 Å². The second kappa shape index (κ2) is 6.38. The number of hydrogen-bond acceptors (Lipinski definition) is 1. The van der Waals surface area contributed by atoms with Crippen LogP contribution < -0.4 is 5.32 Å². The highest BCUT2D eigenvalue weighted by Crippen LogP contribution is 2.26. The standard InChI is InChI=1S/C17H27N/c1-4-15-6-5-7-17(11-15)18-12-16-9-8-13(2)14(3)10-16/h8-10,15,17-18H,4-7,11-12H2,1-3H3. The lowest BCUT2D eigenvalue weighted by Gasteiger charge is -2.29. The van der Waals surface area contributed by atoms with E-state index in [1.54, 1.807) is 0 Å². The Hall–Kier alpha value is -0.820. The van der Waals surface area contributed by atoms with E-state index in [0.717, 1.165) is 18.5 Å². The van der Waals surface area contributed by atoms with Crippen LogP contribution in [0, 0.1) is 19.8 Å². The first-order valence-electron chi connectivity index (χ1n) is 7.48. The Morgan fingerprint density at radius 2 is 2.00 bits per heavy atom. The van der Waals surface area contributed by atoms with E-state index in [0.29, 0.717) is 0 Å². The molecule has 0 amide bonds. The molecule has 2 unspecified atom stereocenters. The van der Waals surface area contributed by atoms with E-state index in [9.17, 15) is 0 Å². The third-order valence-electron chi connectivity index (χ3n) is 4.53. The molecule has 1 heteroatoms. The van der Waals surface area contributed by atoms with Gasteiger partial charge < -0.3 is 5.32 Å². The van der Waals surface area contributed by atoms with Gasteiger partial charge >= 0.3 is 0 Å². The van der Waals surface area contributed by atoms with Crippen molar-refractivity contribution in [3.05, 3.63) is 34.9 Å². The van der Waals surface area contributed by atoms with Crippen LogP contribution in [0.1, 0.15) is 55.7 Å². The predicted octanol–water partition coefficient (Wildman–Crippen LogP) is 4.36. The summed E-state index contributed by atoms with van der Waals surface area (Å²) in [5.41, 5.74) is 4.23. The van der Waals surface area contributed by atoms with Gasteiger partial charge in [-0.25, -0.2) is 0 Å². The molecule has 1 aliphatic carbocycles. The van der Waals surface area contributed by atoms with E-state index >= 15 is 0 Å². The molecule has 2 atom stereocenters. The molecule has 0 heterocycles. The molecular weight excluding hydrogens is 218 g/mol. The molecule has 0 aliphatic heterocycles. The zero-order valence-electron chi connectivity index (χ0n) is 12.1. The molecule has 2 rings (SSSR count). The molecule has 18 heavy (non-hydrogen) atoms. The van der Waals surface area contributed by atoms with Gasteiger partial charge in [0.2, 0.25) is 0 Å². The zero-order chi connectivity index (χ0) is 13.0. The molecule has 1 nitrogen and oxygen atoms in total. The predicted molar refractivity (Wildman–Crippen MR) is 78.8 cm³/mol. The highest BCUT2D eigenvalue weighted by atomic mass is 14.9. The molecule has 0 spiro atoms. The maximum absolute atomic E-state index is 3.75. The SMILES string of the molecule is CCC1CCCC(NCc2ccc(C)c(C)c2)C1. The fraction of sp³-hybridized carbons (Fsp3) is 0.647. The summed E-state index contributed by atoms with van der Waals surface area (Å²) in [6.07, 6.45) is 6.94. The van der Waals surface area contributed by atoms with Crippen molar-refractivity contribution in [2.75, 3.05) is 0 Å². The minimum Gasteiger partial charge on any atom is -0.310 e. The fourth-order valence-electron chi connectivity index (χ4n) is 3.02. The summed E-state index contributed by atoms with van der Waals surface area (Å²) in [4.78, 5) is 0. The first-order chi connectivity index (χ1) is 8.69. The van der Waals surface area contributed by atoms with Crippen molar-refractivity contribution >= 4 is 0 Å². The van der Waals surface area contributed by atoms with Crippen molar-refractivity contribution in [2.45, 2.75) is 65.5 Å². The van der Waals surface area contributed by atoms with Gasteiger partial charge in [-0.3, -0.25) is 0 Å². The van der Waals surface area contributed by atoms with Crippen LogP contribution in [0.25, 0.3) is 0 Å². The van der Waals surface area contributed by atoms with Crippen molar-refractivity contribution in [1.29, 1.82) is 0 Å². The molecule has 0 saturated heterocycles. The van der Waals surface area contributed by atoms with Gasteiger partial charge in [0.25, 0.3) is 0 Å². The Balaban J connectivity index is 1.85. The molecule has 0 radical (unpaired) electrons. The summed E-state index contributed by atoms with van der Waals surface area (Å²) in [6.45, 7) is 7.74. The van der Waals surface area contributed by atoms with Gasteiger partial charge in [-0.15, -0.1) is 0 Å². The van der Waals surface area contributed by atoms with Crippen LogP contribution in [0.15, 0.2) is 18.2 Å². The molecule has 1 aromatic carbocycles. The monoisotopic (exact) mass is 245 g/mol. The Labute approximate surface area is 112 Å². The number of hydrogen-bond donors (Lipinski definition) is 1. The van der Waals surface area contributed by atoms with Crippen molar-refractivity contribution in [2.24, 2.45) is 5.92 Å². The van der Waals surface area contributed by atoms with Crippen molar-refractivity contribution in [1.82, 2.24) is 5.32 Å². The molecular formula is C17H27N. The smallest absolute Gasteiger partial charge is 0.0208 e. The number of nitrogens with one attached hydrogen (secondary N) is 1. The zero-order valence-corrected chi connectivity index (χ0v) is 12.1. The Morgan fingerprint density at radius 3 is 2.72 bits per heavy atom. The molecule has 1 N–H and O–H groups in total. The Kier molecular flexibility index (Phi) is 4.82. The minimum atomic E-state index is 0.741. The molecule has 1 aromatic rings. The maximum atomic E-state index is 3.75. The summed E-state index contributed by atoms with van der Waals surface area (Å²) in [5.74, 6) is 0.955. The van der Waals surface area contributed by atoms with Crippen molar-refractivity contribution in [3.8, 4) is 0 Å². The van der Waals surface area contributed by atoms with Crippen LogP contribution in [0.4, 0.5) is 0 Å². The lowest BCUT2D eigenvalue weighted by atomic mass is 9.84. The van der Waals surface area contributed by atoms with Crippen LogP contribution >= 0.6 is 0 Å². The summed E-state index contributed by atoms with van der Waals surface area (Å²) < 4.78 is 0. The molecule has 1 saturated carbocycles. The first-order valence-corrected chi connectivity index (χ1v) is 7.48. The van der Waals surface area contributed by atoms with E-state index < -0.39 is 0 Å². The summed E-state index contributed by atoms with van der Waals surface area (Å²) in [7, 11) is 0. The molecule has 1 aliphatic rings. The second-order valence-electron chi connectivity index (χ2n) is 5.94. The van der Waals surface area contributed by atoms with E-state index in [4.69, 9.17) is 0 Å². The molecule has 0 bridgehead atoms. The van der Waals surface area contributed by atoms with Gasteiger partial charge in [0.05, 0.1) is 0 Å². The van der Waals surface area contributed by atoms with Crippen LogP contribution in [0.3, 0.4) is 0 Å². The third kappa shape index (κ3) is 3.58. The lowest BCUT2D eigenvalue weighted by Crippen LogP contribution is -2.33. The van der Waals surface area contributed by atoms with Crippen LogP contribution in [0.2, 0.25) is 0 Å². The summed E-state index contributed by atoms with van der Waals surface area (Å²) in [5, 5.41) is 3.75. The van der Waals surface area contributed by atoms with Gasteiger partial charge in [0.1, 0.15) is 0 Å². The topological polar surface area (TPSA) is 12.0 Å². The number of aryl methyl sites for hydroxylation is 2. The maximum Gasteiger partial charge on any atom is 0.0208 e. The minimum absolute atomic E-state index is 0.741. The van der Waals surface area contributed by atoms with Gasteiger partial charge in [-0.2, -0.15) is 0 Å². The lowest BCUT2D eigenvalue weighted by molar-refractivity contribution is 0.278. The van der Waals surface area contributed by atoms with Gasteiger partial charge in [-0.05, 0) is 49.3 Å². The largest absolute Gasteiger partial charge is 0.310 e. The van der Waals surface area contributed by atoms with Crippen LogP contribution in [0.5, 0.6) is 0 Å². The average molecular weight is 245 g/mol. The van der Waals surface area contributed by atoms with Crippen LogP contribution in [-0.4, -0.2) is 6.04 Å². The molecule has 1 fully saturated rings. The van der Waals surface area contributed by atoms with E-state index in [2.05, 4.69) is 44.3 Å². The van der Waals surface area contributed by atoms with E-state index in [1.807, 2.05) is 0 Å². The summed E-state index contributed by atoms with van der Waals surface area (Å²) in [6, 6.07) is 7.56. The van der Waals surface area contributed by atoms with Gasteiger partial charge in [-0.1, -0.05) is 44.4 Å². The average Bonchev–Trinajstić information content (AvgIpc) is 2.40. The van der Waals surface area contributed by atoms with Gasteiger partial charge in [0, 0.05) is 12.6 Å². The Morgan fingerprint density at radius 1 is 1.17 bits per heavy atom.